The topological polar surface area (TPSA) is 88.3 Å². The Morgan fingerprint density at radius 3 is 2.73 bits per heavy atom. The van der Waals surface area contributed by atoms with Gasteiger partial charge >= 0.3 is 0 Å². The lowest BCUT2D eigenvalue weighted by molar-refractivity contribution is 0.102. The molecule has 0 radical (unpaired) electrons. The Bertz CT molecular complexity index is 1190. The predicted octanol–water partition coefficient (Wildman–Crippen LogP) is 4.71. The number of anilines is 2. The lowest BCUT2D eigenvalue weighted by Crippen LogP contribution is -2.15. The first-order valence-electron chi connectivity index (χ1n) is 9.43. The van der Waals surface area contributed by atoms with E-state index >= 15 is 0 Å². The fourth-order valence-corrected chi connectivity index (χ4v) is 3.79. The van der Waals surface area contributed by atoms with Gasteiger partial charge in [-0.3, -0.25) is 10.1 Å². The van der Waals surface area contributed by atoms with Crippen LogP contribution in [0.1, 0.15) is 10.4 Å². The Morgan fingerprint density at radius 1 is 0.967 bits per heavy atom. The van der Waals surface area contributed by atoms with E-state index < -0.39 is 0 Å². The van der Waals surface area contributed by atoms with Gasteiger partial charge in [0.1, 0.15) is 13.2 Å². The van der Waals surface area contributed by atoms with E-state index in [0.29, 0.717) is 24.7 Å². The molecule has 3 N–H and O–H groups in total. The first-order valence-corrected chi connectivity index (χ1v) is 10.2. The molecule has 0 atom stereocenters. The van der Waals surface area contributed by atoms with Gasteiger partial charge in [0.25, 0.3) is 5.91 Å². The summed E-state index contributed by atoms with van der Waals surface area (Å²) in [7, 11) is 0. The second kappa shape index (κ2) is 8.00. The highest BCUT2D eigenvalue weighted by Gasteiger charge is 2.13. The number of aromatic nitrogens is 2. The van der Waals surface area contributed by atoms with Crippen LogP contribution in [0.3, 0.4) is 0 Å². The molecule has 0 fully saturated rings. The number of benzene rings is 3. The van der Waals surface area contributed by atoms with Crippen LogP contribution in [0.5, 0.6) is 11.5 Å². The highest BCUT2D eigenvalue weighted by atomic mass is 32.2. The maximum absolute atomic E-state index is 12.6. The molecule has 1 aliphatic rings. The molecule has 30 heavy (non-hydrogen) atoms. The fourth-order valence-electron chi connectivity index (χ4n) is 3.12. The van der Waals surface area contributed by atoms with Crippen LogP contribution in [0, 0.1) is 0 Å². The van der Waals surface area contributed by atoms with E-state index in [1.807, 2.05) is 54.6 Å². The van der Waals surface area contributed by atoms with Gasteiger partial charge in [-0.15, -0.1) is 0 Å². The maximum Gasteiger partial charge on any atom is 0.258 e. The summed E-state index contributed by atoms with van der Waals surface area (Å²) >= 11 is 1.44. The van der Waals surface area contributed by atoms with Crippen LogP contribution in [0.4, 0.5) is 11.6 Å². The summed E-state index contributed by atoms with van der Waals surface area (Å²) < 4.78 is 14.4. The van der Waals surface area contributed by atoms with Gasteiger partial charge < -0.3 is 19.2 Å². The number of nitrogens with zero attached hydrogens (tertiary/aromatic N) is 1. The minimum absolute atomic E-state index is 0.234. The molecule has 1 aliphatic heterocycles. The van der Waals surface area contributed by atoms with E-state index in [1.165, 1.54) is 11.9 Å². The minimum Gasteiger partial charge on any atom is -0.486 e. The largest absolute Gasteiger partial charge is 0.486 e. The average Bonchev–Trinajstić information content (AvgIpc) is 3.20. The van der Waals surface area contributed by atoms with Crippen molar-refractivity contribution in [2.45, 2.75) is 4.90 Å². The minimum atomic E-state index is -0.234. The zero-order chi connectivity index (χ0) is 20.3. The van der Waals surface area contributed by atoms with Crippen LogP contribution < -0.4 is 19.5 Å². The van der Waals surface area contributed by atoms with Gasteiger partial charge in [-0.05, 0) is 60.5 Å². The summed E-state index contributed by atoms with van der Waals surface area (Å²) in [5, 5.41) is 2.81. The molecule has 0 unspecified atom stereocenters. The van der Waals surface area contributed by atoms with Gasteiger partial charge in [0, 0.05) is 16.1 Å². The van der Waals surface area contributed by atoms with Gasteiger partial charge in [0.2, 0.25) is 5.95 Å². The molecule has 150 valence electrons. The second-order valence-corrected chi connectivity index (χ2v) is 7.53. The molecular formula is C22H18N4O3S. The molecule has 5 rings (SSSR count). The molecule has 3 aromatic carbocycles. The van der Waals surface area contributed by atoms with Crippen molar-refractivity contribution in [3.05, 3.63) is 72.3 Å². The van der Waals surface area contributed by atoms with Crippen molar-refractivity contribution in [3.63, 3.8) is 0 Å². The molecule has 1 amide bonds. The smallest absolute Gasteiger partial charge is 0.258 e. The summed E-state index contributed by atoms with van der Waals surface area (Å²) in [6.07, 6.45) is 0. The van der Waals surface area contributed by atoms with E-state index in [-0.39, 0.29) is 5.91 Å². The Morgan fingerprint density at radius 2 is 1.83 bits per heavy atom. The number of imidazole rings is 1. The van der Waals surface area contributed by atoms with Crippen LogP contribution in [0.15, 0.2) is 71.6 Å². The lowest BCUT2D eigenvalue weighted by Gasteiger charge is -2.18. The van der Waals surface area contributed by atoms with E-state index in [9.17, 15) is 4.79 Å². The molecule has 7 nitrogen and oxygen atoms in total. The number of fused-ring (bicyclic) bond motifs is 2. The second-order valence-electron chi connectivity index (χ2n) is 6.65. The number of hydrogen-bond donors (Lipinski definition) is 3. The SMILES string of the molecule is O=C(Nc1nc2ccccc2[nH]1)c1cccc(NSc2ccc3c(c2)OCCO3)c1. The van der Waals surface area contributed by atoms with Crippen LogP contribution >= 0.6 is 11.9 Å². The number of ether oxygens (including phenoxy) is 2. The monoisotopic (exact) mass is 418 g/mol. The first-order chi connectivity index (χ1) is 14.7. The van der Waals surface area contributed by atoms with Gasteiger partial charge in [-0.25, -0.2) is 4.98 Å². The summed E-state index contributed by atoms with van der Waals surface area (Å²) in [6, 6.07) is 20.7. The molecule has 0 saturated heterocycles. The Labute approximate surface area is 176 Å². The van der Waals surface area contributed by atoms with Crippen molar-refractivity contribution in [2.24, 2.45) is 0 Å². The number of nitrogens with one attached hydrogen (secondary N) is 3. The van der Waals surface area contributed by atoms with Crippen molar-refractivity contribution >= 4 is 40.5 Å². The van der Waals surface area contributed by atoms with Crippen LogP contribution in [0.2, 0.25) is 0 Å². The van der Waals surface area contributed by atoms with Crippen LogP contribution in [0.25, 0.3) is 11.0 Å². The molecule has 0 aliphatic carbocycles. The summed E-state index contributed by atoms with van der Waals surface area (Å²) in [5.41, 5.74) is 3.02. The highest BCUT2D eigenvalue weighted by Crippen LogP contribution is 2.34. The zero-order valence-electron chi connectivity index (χ0n) is 15.8. The zero-order valence-corrected chi connectivity index (χ0v) is 16.7. The van der Waals surface area contributed by atoms with Gasteiger partial charge in [-0.1, -0.05) is 18.2 Å². The quantitative estimate of drug-likeness (QED) is 0.407. The number of carbonyl (C=O) groups excluding carboxylic acids is 1. The van der Waals surface area contributed by atoms with Gasteiger partial charge in [0.15, 0.2) is 11.5 Å². The Hall–Kier alpha value is -3.65. The van der Waals surface area contributed by atoms with E-state index in [0.717, 1.165) is 33.1 Å². The number of hydrogen-bond acceptors (Lipinski definition) is 6. The summed E-state index contributed by atoms with van der Waals surface area (Å²) in [4.78, 5) is 21.1. The molecule has 0 spiro atoms. The third-order valence-electron chi connectivity index (χ3n) is 4.55. The van der Waals surface area contributed by atoms with Gasteiger partial charge in [0.05, 0.1) is 11.0 Å². The van der Waals surface area contributed by atoms with Crippen LogP contribution in [-0.2, 0) is 0 Å². The maximum atomic E-state index is 12.6. The third-order valence-corrected chi connectivity index (χ3v) is 5.37. The summed E-state index contributed by atoms with van der Waals surface area (Å²) in [5.74, 6) is 1.69. The summed E-state index contributed by atoms with van der Waals surface area (Å²) in [6.45, 7) is 1.12. The number of carbonyl (C=O) groups is 1. The Kier molecular flexibility index (Phi) is 4.90. The molecule has 0 bridgehead atoms. The number of para-hydroxylation sites is 2. The van der Waals surface area contributed by atoms with E-state index in [4.69, 9.17) is 9.47 Å². The molecule has 8 heteroatoms. The van der Waals surface area contributed by atoms with Crippen LogP contribution in [-0.4, -0.2) is 29.1 Å². The fraction of sp³-hybridized carbons (Fsp3) is 0.0909. The lowest BCUT2D eigenvalue weighted by atomic mass is 10.2. The predicted molar refractivity (Wildman–Crippen MR) is 117 cm³/mol. The normalized spacial score (nSPS) is 12.5. The molecule has 4 aromatic rings. The van der Waals surface area contributed by atoms with Crippen molar-refractivity contribution in [1.29, 1.82) is 0 Å². The van der Waals surface area contributed by atoms with E-state index in [2.05, 4.69) is 20.0 Å². The number of rotatable bonds is 5. The molecular weight excluding hydrogens is 400 g/mol. The molecule has 2 heterocycles. The number of amides is 1. The molecule has 1 aromatic heterocycles. The standard InChI is InChI=1S/C22H18N4O3S/c27-21(25-22-23-17-6-1-2-7-18(17)24-22)14-4-3-5-15(12-14)26-30-16-8-9-19-20(13-16)29-11-10-28-19/h1-9,12-13,26H,10-11H2,(H2,23,24,25,27). The van der Waals surface area contributed by atoms with Crippen molar-refractivity contribution in [3.8, 4) is 11.5 Å². The number of aromatic amines is 1. The van der Waals surface area contributed by atoms with Crippen molar-refractivity contribution in [2.75, 3.05) is 23.3 Å². The van der Waals surface area contributed by atoms with Crippen molar-refractivity contribution < 1.29 is 14.3 Å². The highest BCUT2D eigenvalue weighted by molar-refractivity contribution is 8.00. The Balaban J connectivity index is 1.26. The first kappa shape index (κ1) is 18.4. The van der Waals surface area contributed by atoms with Gasteiger partial charge in [-0.2, -0.15) is 0 Å². The van der Waals surface area contributed by atoms with Crippen molar-refractivity contribution in [1.82, 2.24) is 9.97 Å². The van der Waals surface area contributed by atoms with E-state index in [1.54, 1.807) is 12.1 Å². The molecule has 0 saturated carbocycles. The average molecular weight is 418 g/mol. The number of H-pyrrole nitrogens is 1. The third kappa shape index (κ3) is 3.90.